The molecule has 1 heterocycles. The van der Waals surface area contributed by atoms with Gasteiger partial charge in [-0.1, -0.05) is 0 Å². The predicted molar refractivity (Wildman–Crippen MR) is 84.7 cm³/mol. The summed E-state index contributed by atoms with van der Waals surface area (Å²) < 4.78 is 40.7. The van der Waals surface area contributed by atoms with Crippen molar-refractivity contribution in [1.29, 1.82) is 0 Å². The summed E-state index contributed by atoms with van der Waals surface area (Å²) in [5.74, 6) is 1.33. The first-order valence-electron chi connectivity index (χ1n) is 7.54. The largest absolute Gasteiger partial charge is 0.573 e. The van der Waals surface area contributed by atoms with E-state index in [0.717, 1.165) is 18.5 Å². The van der Waals surface area contributed by atoms with Crippen molar-refractivity contribution >= 4 is 17.5 Å². The number of aryl methyl sites for hydroxylation is 1. The van der Waals surface area contributed by atoms with E-state index in [2.05, 4.69) is 25.3 Å². The maximum atomic E-state index is 12.3. The highest BCUT2D eigenvalue weighted by molar-refractivity contribution is 5.63. The number of hydrogen-bond acceptors (Lipinski definition) is 5. The maximum Gasteiger partial charge on any atom is 0.573 e. The zero-order valence-corrected chi connectivity index (χ0v) is 13.2. The van der Waals surface area contributed by atoms with Crippen molar-refractivity contribution in [3.05, 3.63) is 35.5 Å². The van der Waals surface area contributed by atoms with E-state index >= 15 is 0 Å². The van der Waals surface area contributed by atoms with Crippen molar-refractivity contribution in [3.8, 4) is 5.75 Å². The van der Waals surface area contributed by atoms with Crippen LogP contribution in [-0.4, -0.2) is 23.4 Å². The topological polar surface area (TPSA) is 59.1 Å². The first-order chi connectivity index (χ1) is 11.3. The van der Waals surface area contributed by atoms with Gasteiger partial charge in [0.25, 0.3) is 0 Å². The highest BCUT2D eigenvalue weighted by Crippen LogP contribution is 2.40. The Balaban J connectivity index is 1.82. The molecule has 0 aliphatic heterocycles. The van der Waals surface area contributed by atoms with E-state index in [1.165, 1.54) is 18.2 Å². The molecule has 0 atom stereocenters. The molecular formula is C16H17F3N4O. The molecule has 0 unspecified atom stereocenters. The summed E-state index contributed by atoms with van der Waals surface area (Å²) >= 11 is 0. The molecule has 24 heavy (non-hydrogen) atoms. The lowest BCUT2D eigenvalue weighted by Gasteiger charge is -2.14. The summed E-state index contributed by atoms with van der Waals surface area (Å²) in [6.07, 6.45) is -2.47. The van der Waals surface area contributed by atoms with Gasteiger partial charge in [0.2, 0.25) is 5.95 Å². The standard InChI is InChI=1S/C16H17F3N4O/c1-9-7-11(24-16(17,18)19)5-6-12(9)21-14-8-13(10-3-4-10)22-15(20-2)23-14/h5-8,10H,3-4H2,1-2H3,(H2,20,21,22,23). The lowest BCUT2D eigenvalue weighted by Crippen LogP contribution is -2.17. The minimum Gasteiger partial charge on any atom is -0.406 e. The van der Waals surface area contributed by atoms with E-state index in [-0.39, 0.29) is 5.75 Å². The molecule has 128 valence electrons. The maximum absolute atomic E-state index is 12.3. The highest BCUT2D eigenvalue weighted by atomic mass is 19.4. The minimum absolute atomic E-state index is 0.247. The number of anilines is 3. The predicted octanol–water partition coefficient (Wildman–Crippen LogP) is 4.35. The number of rotatable bonds is 5. The second-order valence-electron chi connectivity index (χ2n) is 5.68. The Morgan fingerprint density at radius 2 is 1.92 bits per heavy atom. The third-order valence-corrected chi connectivity index (χ3v) is 3.66. The van der Waals surface area contributed by atoms with E-state index < -0.39 is 6.36 Å². The van der Waals surface area contributed by atoms with Gasteiger partial charge in [0.15, 0.2) is 0 Å². The molecule has 1 fully saturated rings. The van der Waals surface area contributed by atoms with Crippen molar-refractivity contribution in [3.63, 3.8) is 0 Å². The van der Waals surface area contributed by atoms with Gasteiger partial charge < -0.3 is 15.4 Å². The number of benzene rings is 1. The molecule has 3 rings (SSSR count). The Labute approximate surface area is 137 Å². The molecule has 8 heteroatoms. The van der Waals surface area contributed by atoms with Crippen LogP contribution >= 0.6 is 0 Å². The van der Waals surface area contributed by atoms with Gasteiger partial charge in [0.1, 0.15) is 11.6 Å². The van der Waals surface area contributed by atoms with Crippen LogP contribution in [0.2, 0.25) is 0 Å². The fourth-order valence-corrected chi connectivity index (χ4v) is 2.34. The number of hydrogen-bond donors (Lipinski definition) is 2. The van der Waals surface area contributed by atoms with Crippen LogP contribution < -0.4 is 15.4 Å². The van der Waals surface area contributed by atoms with Crippen LogP contribution in [-0.2, 0) is 0 Å². The average Bonchev–Trinajstić information content (AvgIpc) is 3.33. The molecule has 1 aromatic carbocycles. The van der Waals surface area contributed by atoms with Gasteiger partial charge in [0, 0.05) is 24.7 Å². The van der Waals surface area contributed by atoms with Gasteiger partial charge >= 0.3 is 6.36 Å². The first-order valence-corrected chi connectivity index (χ1v) is 7.54. The second kappa shape index (κ2) is 6.18. The van der Waals surface area contributed by atoms with E-state index in [9.17, 15) is 13.2 Å². The van der Waals surface area contributed by atoms with Crippen molar-refractivity contribution < 1.29 is 17.9 Å². The Kier molecular flexibility index (Phi) is 4.21. The lowest BCUT2D eigenvalue weighted by atomic mass is 10.2. The van der Waals surface area contributed by atoms with Gasteiger partial charge in [-0.3, -0.25) is 0 Å². The molecule has 1 saturated carbocycles. The molecule has 5 nitrogen and oxygen atoms in total. The van der Waals surface area contributed by atoms with Crippen molar-refractivity contribution in [2.75, 3.05) is 17.7 Å². The quantitative estimate of drug-likeness (QED) is 0.849. The molecule has 0 radical (unpaired) electrons. The number of aromatic nitrogens is 2. The van der Waals surface area contributed by atoms with E-state index in [1.807, 2.05) is 6.07 Å². The van der Waals surface area contributed by atoms with Gasteiger partial charge in [0.05, 0.1) is 5.69 Å². The molecule has 2 aromatic rings. The smallest absolute Gasteiger partial charge is 0.406 e. The van der Waals surface area contributed by atoms with E-state index in [0.29, 0.717) is 28.9 Å². The van der Waals surface area contributed by atoms with E-state index in [4.69, 9.17) is 0 Å². The molecule has 1 aromatic heterocycles. The van der Waals surface area contributed by atoms with Crippen molar-refractivity contribution in [1.82, 2.24) is 9.97 Å². The summed E-state index contributed by atoms with van der Waals surface area (Å²) in [5.41, 5.74) is 2.24. The van der Waals surface area contributed by atoms with Gasteiger partial charge in [-0.15, -0.1) is 13.2 Å². The molecule has 0 saturated heterocycles. The lowest BCUT2D eigenvalue weighted by molar-refractivity contribution is -0.274. The van der Waals surface area contributed by atoms with Crippen LogP contribution in [0, 0.1) is 6.92 Å². The fraction of sp³-hybridized carbons (Fsp3) is 0.375. The number of nitrogens with one attached hydrogen (secondary N) is 2. The van der Waals surface area contributed by atoms with Gasteiger partial charge in [-0.2, -0.15) is 4.98 Å². The normalized spacial score (nSPS) is 14.4. The summed E-state index contributed by atoms with van der Waals surface area (Å²) in [6.45, 7) is 1.70. The Bertz CT molecular complexity index is 745. The Hall–Kier alpha value is -2.51. The molecule has 0 amide bonds. The van der Waals surface area contributed by atoms with Gasteiger partial charge in [-0.25, -0.2) is 4.98 Å². The van der Waals surface area contributed by atoms with Gasteiger partial charge in [-0.05, 0) is 43.5 Å². The van der Waals surface area contributed by atoms with Crippen LogP contribution in [0.15, 0.2) is 24.3 Å². The molecule has 2 N–H and O–H groups in total. The van der Waals surface area contributed by atoms with Crippen molar-refractivity contribution in [2.24, 2.45) is 0 Å². The number of ether oxygens (including phenoxy) is 1. The average molecular weight is 338 g/mol. The van der Waals surface area contributed by atoms with Crippen LogP contribution in [0.5, 0.6) is 5.75 Å². The third-order valence-electron chi connectivity index (χ3n) is 3.66. The number of halogens is 3. The summed E-state index contributed by atoms with van der Waals surface area (Å²) in [4.78, 5) is 8.76. The highest BCUT2D eigenvalue weighted by Gasteiger charge is 2.31. The molecule has 0 spiro atoms. The SMILES string of the molecule is CNc1nc(Nc2ccc(OC(F)(F)F)cc2C)cc(C2CC2)n1. The van der Waals surface area contributed by atoms with Crippen LogP contribution in [0.4, 0.5) is 30.6 Å². The van der Waals surface area contributed by atoms with Crippen LogP contribution in [0.1, 0.15) is 30.0 Å². The molecular weight excluding hydrogens is 321 g/mol. The Morgan fingerprint density at radius 1 is 1.17 bits per heavy atom. The summed E-state index contributed by atoms with van der Waals surface area (Å²) in [5, 5.41) is 6.05. The first kappa shape index (κ1) is 16.4. The summed E-state index contributed by atoms with van der Waals surface area (Å²) in [7, 11) is 1.74. The number of nitrogens with zero attached hydrogens (tertiary/aromatic N) is 2. The fourth-order valence-electron chi connectivity index (χ4n) is 2.34. The zero-order chi connectivity index (χ0) is 17.3. The monoisotopic (exact) mass is 338 g/mol. The zero-order valence-electron chi connectivity index (χ0n) is 13.2. The molecule has 1 aliphatic rings. The molecule has 1 aliphatic carbocycles. The van der Waals surface area contributed by atoms with E-state index in [1.54, 1.807) is 14.0 Å². The molecule has 0 bridgehead atoms. The number of alkyl halides is 3. The van der Waals surface area contributed by atoms with Crippen LogP contribution in [0.25, 0.3) is 0 Å². The van der Waals surface area contributed by atoms with Crippen molar-refractivity contribution in [2.45, 2.75) is 32.0 Å². The second-order valence-corrected chi connectivity index (χ2v) is 5.68. The minimum atomic E-state index is -4.70. The third kappa shape index (κ3) is 4.06. The Morgan fingerprint density at radius 3 is 2.50 bits per heavy atom. The summed E-state index contributed by atoms with van der Waals surface area (Å²) in [6, 6.07) is 6.01. The van der Waals surface area contributed by atoms with Crippen LogP contribution in [0.3, 0.4) is 0 Å².